The van der Waals surface area contributed by atoms with E-state index in [-0.39, 0.29) is 5.91 Å². The first kappa shape index (κ1) is 17.9. The molecule has 0 spiro atoms. The second kappa shape index (κ2) is 7.58. The van der Waals surface area contributed by atoms with Crippen molar-refractivity contribution in [2.75, 3.05) is 11.9 Å². The molecular weight excluding hydrogens is 354 g/mol. The average molecular weight is 372 g/mol. The van der Waals surface area contributed by atoms with Gasteiger partial charge >= 0.3 is 5.97 Å². The molecule has 6 nitrogen and oxygen atoms in total. The fourth-order valence-electron chi connectivity index (χ4n) is 2.60. The number of pyridine rings is 1. The smallest absolute Gasteiger partial charge is 0.338 e. The Morgan fingerprint density at radius 1 is 1.27 bits per heavy atom. The second-order valence-corrected chi connectivity index (χ2v) is 6.23. The maximum Gasteiger partial charge on any atom is 0.338 e. The van der Waals surface area contributed by atoms with Gasteiger partial charge in [0.15, 0.2) is 0 Å². The van der Waals surface area contributed by atoms with Crippen LogP contribution in [0.25, 0.3) is 5.65 Å². The second-order valence-electron chi connectivity index (χ2n) is 5.79. The number of imidazole rings is 1. The van der Waals surface area contributed by atoms with Crippen LogP contribution in [0.4, 0.5) is 5.69 Å². The number of hydrogen-bond acceptors (Lipinski definition) is 4. The molecule has 0 fully saturated rings. The van der Waals surface area contributed by atoms with E-state index in [0.717, 1.165) is 6.42 Å². The minimum atomic E-state index is -0.413. The Labute approximate surface area is 155 Å². The zero-order valence-electron chi connectivity index (χ0n) is 14.5. The summed E-state index contributed by atoms with van der Waals surface area (Å²) in [4.78, 5) is 29.1. The summed E-state index contributed by atoms with van der Waals surface area (Å²) in [7, 11) is 0. The number of fused-ring (bicyclic) bond motifs is 1. The van der Waals surface area contributed by atoms with Gasteiger partial charge in [0, 0.05) is 23.0 Å². The Kier molecular flexibility index (Phi) is 5.23. The van der Waals surface area contributed by atoms with E-state index < -0.39 is 5.97 Å². The number of anilines is 1. The van der Waals surface area contributed by atoms with Gasteiger partial charge in [-0.05, 0) is 37.6 Å². The van der Waals surface area contributed by atoms with Gasteiger partial charge in [-0.15, -0.1) is 0 Å². The molecule has 0 atom stereocenters. The fraction of sp³-hybridized carbons (Fsp3) is 0.211. The van der Waals surface area contributed by atoms with E-state index >= 15 is 0 Å². The van der Waals surface area contributed by atoms with Crippen LogP contribution < -0.4 is 5.32 Å². The molecule has 26 heavy (non-hydrogen) atoms. The van der Waals surface area contributed by atoms with Crippen LogP contribution in [-0.4, -0.2) is 27.9 Å². The summed E-state index contributed by atoms with van der Waals surface area (Å²) in [6.45, 7) is 4.04. The molecule has 1 aromatic carbocycles. The molecule has 0 aliphatic rings. The van der Waals surface area contributed by atoms with E-state index in [0.29, 0.717) is 39.9 Å². The normalized spacial score (nSPS) is 10.7. The minimum Gasteiger partial charge on any atom is -0.462 e. The molecule has 2 heterocycles. The molecule has 0 saturated carbocycles. The third-order valence-corrected chi connectivity index (χ3v) is 4.01. The summed E-state index contributed by atoms with van der Waals surface area (Å²) in [5.74, 6) is -0.736. The molecular formula is C19H18ClN3O3. The molecule has 0 radical (unpaired) electrons. The highest BCUT2D eigenvalue weighted by molar-refractivity contribution is 6.30. The number of halogens is 1. The summed E-state index contributed by atoms with van der Waals surface area (Å²) < 4.78 is 6.80. The lowest BCUT2D eigenvalue weighted by atomic mass is 10.2. The van der Waals surface area contributed by atoms with Crippen LogP contribution in [-0.2, 0) is 4.74 Å². The highest BCUT2D eigenvalue weighted by Gasteiger charge is 2.17. The van der Waals surface area contributed by atoms with Crippen LogP contribution in [0.2, 0.25) is 5.02 Å². The van der Waals surface area contributed by atoms with Gasteiger partial charge in [-0.2, -0.15) is 0 Å². The molecule has 1 amide bonds. The highest BCUT2D eigenvalue weighted by atomic mass is 35.5. The number of carbonyl (C=O) groups is 2. The largest absolute Gasteiger partial charge is 0.462 e. The van der Waals surface area contributed by atoms with Gasteiger partial charge in [0.2, 0.25) is 0 Å². The Bertz CT molecular complexity index is 981. The van der Waals surface area contributed by atoms with Gasteiger partial charge in [0.05, 0.1) is 17.9 Å². The molecule has 1 N–H and O–H groups in total. The van der Waals surface area contributed by atoms with Crippen molar-refractivity contribution in [2.45, 2.75) is 20.3 Å². The van der Waals surface area contributed by atoms with Crippen LogP contribution in [0, 0.1) is 6.92 Å². The van der Waals surface area contributed by atoms with Crippen molar-refractivity contribution >= 4 is 34.8 Å². The first-order valence-electron chi connectivity index (χ1n) is 8.22. The van der Waals surface area contributed by atoms with Crippen molar-refractivity contribution in [3.8, 4) is 0 Å². The predicted molar refractivity (Wildman–Crippen MR) is 99.9 cm³/mol. The molecule has 0 aliphatic heterocycles. The van der Waals surface area contributed by atoms with E-state index in [1.165, 1.54) is 0 Å². The molecule has 2 aromatic heterocycles. The van der Waals surface area contributed by atoms with E-state index in [2.05, 4.69) is 10.3 Å². The van der Waals surface area contributed by atoms with E-state index in [9.17, 15) is 9.59 Å². The van der Waals surface area contributed by atoms with Gasteiger partial charge in [-0.25, -0.2) is 9.78 Å². The van der Waals surface area contributed by atoms with E-state index in [1.807, 2.05) is 6.92 Å². The molecule has 0 unspecified atom stereocenters. The van der Waals surface area contributed by atoms with Crippen LogP contribution in [0.1, 0.15) is 39.9 Å². The van der Waals surface area contributed by atoms with Crippen molar-refractivity contribution in [3.63, 3.8) is 0 Å². The number of carbonyl (C=O) groups excluding carboxylic acids is 2. The number of aromatic nitrogens is 2. The van der Waals surface area contributed by atoms with Crippen molar-refractivity contribution in [1.82, 2.24) is 9.38 Å². The predicted octanol–water partition coefficient (Wildman–Crippen LogP) is 4.12. The fourth-order valence-corrected chi connectivity index (χ4v) is 2.76. The Hall–Kier alpha value is -2.86. The summed E-state index contributed by atoms with van der Waals surface area (Å²) >= 11 is 5.98. The molecule has 0 bridgehead atoms. The zero-order chi connectivity index (χ0) is 18.7. The van der Waals surface area contributed by atoms with Gasteiger partial charge in [-0.3, -0.25) is 9.20 Å². The highest BCUT2D eigenvalue weighted by Crippen LogP contribution is 2.19. The number of benzene rings is 1. The summed E-state index contributed by atoms with van der Waals surface area (Å²) in [6, 6.07) is 10.0. The van der Waals surface area contributed by atoms with Crippen molar-refractivity contribution in [2.24, 2.45) is 0 Å². The lowest BCUT2D eigenvalue weighted by Gasteiger charge is -2.08. The minimum absolute atomic E-state index is 0.323. The average Bonchev–Trinajstić information content (AvgIpc) is 2.94. The van der Waals surface area contributed by atoms with Crippen molar-refractivity contribution in [3.05, 3.63) is 64.6 Å². The van der Waals surface area contributed by atoms with Crippen LogP contribution in [0.5, 0.6) is 0 Å². The quantitative estimate of drug-likeness (QED) is 0.685. The third kappa shape index (κ3) is 3.70. The lowest BCUT2D eigenvalue weighted by Crippen LogP contribution is -2.16. The maximum absolute atomic E-state index is 12.7. The van der Waals surface area contributed by atoms with Crippen LogP contribution >= 0.6 is 11.6 Å². The topological polar surface area (TPSA) is 72.7 Å². The van der Waals surface area contributed by atoms with E-state index in [4.69, 9.17) is 16.3 Å². The van der Waals surface area contributed by atoms with Crippen molar-refractivity contribution < 1.29 is 14.3 Å². The number of nitrogens with zero attached hydrogens (tertiary/aromatic N) is 2. The molecule has 7 heteroatoms. The summed E-state index contributed by atoms with van der Waals surface area (Å²) in [5.41, 5.74) is 2.48. The number of ether oxygens (including phenoxy) is 1. The standard InChI is InChI=1S/C19H18ClN3O3/c1-3-9-26-19(25)13-5-4-6-15(10-13)22-18(24)17-12(2)21-16-11-14(20)7-8-23(16)17/h4-8,10-11H,3,9H2,1-2H3,(H,22,24). The number of hydrogen-bond donors (Lipinski definition) is 1. The molecule has 3 rings (SSSR count). The number of rotatable bonds is 5. The van der Waals surface area contributed by atoms with Gasteiger partial charge < -0.3 is 10.1 Å². The van der Waals surface area contributed by atoms with Crippen molar-refractivity contribution in [1.29, 1.82) is 0 Å². The Morgan fingerprint density at radius 2 is 2.08 bits per heavy atom. The van der Waals surface area contributed by atoms with Crippen LogP contribution in [0.3, 0.4) is 0 Å². The maximum atomic E-state index is 12.7. The zero-order valence-corrected chi connectivity index (χ0v) is 15.2. The van der Waals surface area contributed by atoms with Gasteiger partial charge in [0.25, 0.3) is 5.91 Å². The molecule has 0 aliphatic carbocycles. The van der Waals surface area contributed by atoms with Crippen LogP contribution in [0.15, 0.2) is 42.6 Å². The molecule has 0 saturated heterocycles. The Morgan fingerprint density at radius 3 is 2.85 bits per heavy atom. The number of aryl methyl sites for hydroxylation is 1. The number of nitrogens with one attached hydrogen (secondary N) is 1. The monoisotopic (exact) mass is 371 g/mol. The first-order chi connectivity index (χ1) is 12.5. The van der Waals surface area contributed by atoms with Gasteiger partial charge in [-0.1, -0.05) is 24.6 Å². The van der Waals surface area contributed by atoms with Gasteiger partial charge in [0.1, 0.15) is 11.3 Å². The number of amides is 1. The molecule has 3 aromatic rings. The lowest BCUT2D eigenvalue weighted by molar-refractivity contribution is 0.0505. The molecule has 134 valence electrons. The SMILES string of the molecule is CCCOC(=O)c1cccc(NC(=O)c2c(C)nc3cc(Cl)ccn23)c1. The summed E-state index contributed by atoms with van der Waals surface area (Å²) in [6.07, 6.45) is 2.45. The number of esters is 1. The first-order valence-corrected chi connectivity index (χ1v) is 8.60. The Balaban J connectivity index is 1.85. The third-order valence-electron chi connectivity index (χ3n) is 3.77. The summed E-state index contributed by atoms with van der Waals surface area (Å²) in [5, 5.41) is 3.35. The van der Waals surface area contributed by atoms with E-state index in [1.54, 1.807) is 53.9 Å².